The quantitative estimate of drug-likeness (QED) is 0.547. The fourth-order valence-corrected chi connectivity index (χ4v) is 3.30. The number of nitrogens with two attached hydrogens (primary N) is 1. The van der Waals surface area contributed by atoms with E-state index in [1.165, 1.54) is 7.11 Å². The number of ether oxygens (including phenoxy) is 2. The van der Waals surface area contributed by atoms with Gasteiger partial charge < -0.3 is 25.1 Å². The van der Waals surface area contributed by atoms with Gasteiger partial charge in [-0.05, 0) is 54.7 Å². The second-order valence-electron chi connectivity index (χ2n) is 8.04. The second-order valence-corrected chi connectivity index (χ2v) is 8.04. The Kier molecular flexibility index (Phi) is 9.18. The van der Waals surface area contributed by atoms with Crippen molar-refractivity contribution in [3.8, 4) is 17.3 Å². The van der Waals surface area contributed by atoms with Crippen LogP contribution in [0.5, 0.6) is 11.6 Å². The van der Waals surface area contributed by atoms with E-state index in [1.807, 2.05) is 26.1 Å². The first-order chi connectivity index (χ1) is 16.1. The topological polar surface area (TPSA) is 121 Å². The van der Waals surface area contributed by atoms with Crippen molar-refractivity contribution in [1.29, 1.82) is 0 Å². The average molecular weight is 470 g/mol. The van der Waals surface area contributed by atoms with Crippen molar-refractivity contribution in [2.24, 2.45) is 5.73 Å². The minimum Gasteiger partial charge on any atom is -0.496 e. The minimum absolute atomic E-state index is 0. The van der Waals surface area contributed by atoms with Gasteiger partial charge in [-0.1, -0.05) is 19.9 Å². The Hall–Kier alpha value is -3.88. The number of likely N-dealkylation sites (N-methyl/N-ethyl adjacent to an activating group) is 1. The van der Waals surface area contributed by atoms with Crippen LogP contribution < -0.4 is 20.5 Å². The normalized spacial score (nSPS) is 10.4. The summed E-state index contributed by atoms with van der Waals surface area (Å²) in [4.78, 5) is 30.6. The highest BCUT2D eigenvalue weighted by atomic mass is 16.5. The molecule has 3 aromatic rings. The maximum atomic E-state index is 11.4. The number of benzene rings is 1. The SMILES string of the molecule is CNC(=O)Cc1cc(C(C)C)c(OC)cc1C.COc1nc(C(N)=O)ccc1-n1cnc(C)c1.[HH]. The van der Waals surface area contributed by atoms with Gasteiger partial charge in [-0.3, -0.25) is 9.59 Å². The van der Waals surface area contributed by atoms with E-state index in [9.17, 15) is 9.59 Å². The summed E-state index contributed by atoms with van der Waals surface area (Å²) < 4.78 is 12.3. The van der Waals surface area contributed by atoms with Crippen molar-refractivity contribution in [2.45, 2.75) is 40.0 Å². The number of carbonyl (C=O) groups excluding carboxylic acids is 2. The van der Waals surface area contributed by atoms with Gasteiger partial charge in [0.2, 0.25) is 11.8 Å². The Morgan fingerprint density at radius 1 is 1.18 bits per heavy atom. The molecule has 0 bridgehead atoms. The van der Waals surface area contributed by atoms with Crippen molar-refractivity contribution >= 4 is 11.8 Å². The van der Waals surface area contributed by atoms with Crippen LogP contribution >= 0.6 is 0 Å². The molecule has 9 heteroatoms. The van der Waals surface area contributed by atoms with E-state index in [4.69, 9.17) is 15.2 Å². The molecule has 2 amide bonds. The standard InChI is InChI=1S/C14H21NO2.C11H12N4O2.H2/c1-9(2)12-7-11(8-14(16)15-4)10(3)6-13(12)17-5;1-7-5-15(6-13-7)9-4-3-8(10(12)16)14-11(9)17-2;/h6-7,9H,8H2,1-5H3,(H,15,16);3-6H,1-2H3,(H2,12,16);1H. The molecule has 2 aromatic heterocycles. The Morgan fingerprint density at radius 2 is 1.88 bits per heavy atom. The molecule has 1 aromatic carbocycles. The largest absolute Gasteiger partial charge is 0.496 e. The maximum Gasteiger partial charge on any atom is 0.267 e. The van der Waals surface area contributed by atoms with Crippen molar-refractivity contribution in [3.63, 3.8) is 0 Å². The summed E-state index contributed by atoms with van der Waals surface area (Å²) in [5.41, 5.74) is 10.2. The molecular formula is C25H35N5O4. The summed E-state index contributed by atoms with van der Waals surface area (Å²) in [5, 5.41) is 2.65. The number of carbonyl (C=O) groups is 2. The fourth-order valence-electron chi connectivity index (χ4n) is 3.30. The minimum atomic E-state index is -0.586. The Balaban J connectivity index is 0.000000340. The molecule has 0 fully saturated rings. The van der Waals surface area contributed by atoms with Gasteiger partial charge in [-0.15, -0.1) is 0 Å². The zero-order valence-electron chi connectivity index (χ0n) is 20.8. The lowest BCUT2D eigenvalue weighted by molar-refractivity contribution is -0.119. The third-order valence-electron chi connectivity index (χ3n) is 5.22. The Morgan fingerprint density at radius 3 is 2.38 bits per heavy atom. The van der Waals surface area contributed by atoms with E-state index in [2.05, 4.69) is 35.2 Å². The number of nitrogens with one attached hydrogen (secondary N) is 1. The molecule has 0 unspecified atom stereocenters. The molecule has 0 aliphatic carbocycles. The smallest absolute Gasteiger partial charge is 0.267 e. The first kappa shape index (κ1) is 26.4. The molecule has 0 spiro atoms. The Labute approximate surface area is 201 Å². The van der Waals surface area contributed by atoms with E-state index >= 15 is 0 Å². The molecule has 0 saturated heterocycles. The third-order valence-corrected chi connectivity index (χ3v) is 5.22. The van der Waals surface area contributed by atoms with Crippen molar-refractivity contribution < 1.29 is 20.5 Å². The van der Waals surface area contributed by atoms with Crippen molar-refractivity contribution in [1.82, 2.24) is 19.9 Å². The van der Waals surface area contributed by atoms with Crippen molar-refractivity contribution in [3.05, 3.63) is 64.9 Å². The van der Waals surface area contributed by atoms with Crippen LogP contribution in [0, 0.1) is 13.8 Å². The molecule has 0 atom stereocenters. The lowest BCUT2D eigenvalue weighted by Crippen LogP contribution is -2.20. The van der Waals surface area contributed by atoms with E-state index in [1.54, 1.807) is 37.2 Å². The number of aryl methyl sites for hydroxylation is 2. The average Bonchev–Trinajstić information content (AvgIpc) is 3.25. The molecule has 3 N–H and O–H groups in total. The molecule has 34 heavy (non-hydrogen) atoms. The highest BCUT2D eigenvalue weighted by molar-refractivity contribution is 5.91. The summed E-state index contributed by atoms with van der Waals surface area (Å²) >= 11 is 0. The number of nitrogens with zero attached hydrogens (tertiary/aromatic N) is 3. The molecule has 0 aliphatic heterocycles. The summed E-state index contributed by atoms with van der Waals surface area (Å²) in [6.07, 6.45) is 3.91. The number of hydrogen-bond acceptors (Lipinski definition) is 6. The molecule has 3 rings (SSSR count). The van der Waals surface area contributed by atoms with E-state index in [0.29, 0.717) is 23.9 Å². The third kappa shape index (κ3) is 6.57. The monoisotopic (exact) mass is 469 g/mol. The van der Waals surface area contributed by atoms with Gasteiger partial charge in [0.25, 0.3) is 5.91 Å². The zero-order valence-corrected chi connectivity index (χ0v) is 20.8. The molecule has 0 saturated carbocycles. The maximum absolute atomic E-state index is 11.4. The molecule has 0 radical (unpaired) electrons. The number of pyridine rings is 1. The summed E-state index contributed by atoms with van der Waals surface area (Å²) in [6.45, 7) is 8.13. The van der Waals surface area contributed by atoms with Gasteiger partial charge in [0, 0.05) is 14.7 Å². The van der Waals surface area contributed by atoms with Gasteiger partial charge in [-0.2, -0.15) is 0 Å². The van der Waals surface area contributed by atoms with Crippen LogP contribution in [-0.2, 0) is 11.2 Å². The lowest BCUT2D eigenvalue weighted by Gasteiger charge is -2.15. The van der Waals surface area contributed by atoms with Gasteiger partial charge in [0.05, 0.1) is 32.7 Å². The van der Waals surface area contributed by atoms with Gasteiger partial charge in [0.1, 0.15) is 17.1 Å². The first-order valence-electron chi connectivity index (χ1n) is 10.8. The van der Waals surface area contributed by atoms with Gasteiger partial charge in [0.15, 0.2) is 0 Å². The number of aromatic nitrogens is 3. The molecule has 0 aliphatic rings. The van der Waals surface area contributed by atoms with Crippen LogP contribution in [-0.4, -0.2) is 47.6 Å². The van der Waals surface area contributed by atoms with Crippen LogP contribution in [0.15, 0.2) is 36.8 Å². The van der Waals surface area contributed by atoms with Crippen LogP contribution in [0.3, 0.4) is 0 Å². The van der Waals surface area contributed by atoms with Crippen LogP contribution in [0.25, 0.3) is 5.69 Å². The predicted octanol–water partition coefficient (Wildman–Crippen LogP) is 3.34. The molecule has 9 nitrogen and oxygen atoms in total. The summed E-state index contributed by atoms with van der Waals surface area (Å²) in [7, 11) is 4.82. The second kappa shape index (κ2) is 11.8. The number of hydrogen-bond donors (Lipinski definition) is 2. The fraction of sp³-hybridized carbons (Fsp3) is 0.360. The van der Waals surface area contributed by atoms with Crippen LogP contribution in [0.2, 0.25) is 0 Å². The predicted molar refractivity (Wildman–Crippen MR) is 133 cm³/mol. The van der Waals surface area contributed by atoms with Crippen LogP contribution in [0.1, 0.15) is 54.1 Å². The van der Waals surface area contributed by atoms with E-state index in [0.717, 1.165) is 28.1 Å². The number of rotatable bonds is 7. The summed E-state index contributed by atoms with van der Waals surface area (Å²) in [6, 6.07) is 7.35. The molecular weight excluding hydrogens is 434 g/mol. The van der Waals surface area contributed by atoms with E-state index in [-0.39, 0.29) is 13.0 Å². The number of amides is 2. The number of methoxy groups -OCH3 is 2. The summed E-state index contributed by atoms with van der Waals surface area (Å²) in [5.74, 6) is 1.07. The number of imidazole rings is 1. The van der Waals surface area contributed by atoms with Crippen LogP contribution in [0.4, 0.5) is 0 Å². The van der Waals surface area contributed by atoms with Crippen molar-refractivity contribution in [2.75, 3.05) is 21.3 Å². The lowest BCUT2D eigenvalue weighted by atomic mass is 9.95. The zero-order chi connectivity index (χ0) is 25.4. The highest BCUT2D eigenvalue weighted by Crippen LogP contribution is 2.29. The Bertz CT molecular complexity index is 1160. The van der Waals surface area contributed by atoms with E-state index < -0.39 is 5.91 Å². The molecule has 2 heterocycles. The van der Waals surface area contributed by atoms with Gasteiger partial charge in [-0.25, -0.2) is 9.97 Å². The number of primary amides is 1. The molecule has 184 valence electrons. The van der Waals surface area contributed by atoms with Gasteiger partial charge >= 0.3 is 0 Å². The highest BCUT2D eigenvalue weighted by Gasteiger charge is 2.13. The first-order valence-corrected chi connectivity index (χ1v) is 10.8.